The Morgan fingerprint density at radius 3 is 2.41 bits per heavy atom. The van der Waals surface area contributed by atoms with Gasteiger partial charge >= 0.3 is 11.3 Å². The smallest absolute Gasteiger partial charge is 0.337 e. The van der Waals surface area contributed by atoms with E-state index in [1.807, 2.05) is 6.92 Å². The number of hydrogen-bond acceptors (Lipinski definition) is 4. The maximum atomic E-state index is 12.0. The molecule has 6 nitrogen and oxygen atoms in total. The fraction of sp³-hybridized carbons (Fsp3) is 0.364. The van der Waals surface area contributed by atoms with E-state index in [0.717, 1.165) is 9.13 Å². The number of hydrogen-bond donors (Lipinski definition) is 0. The van der Waals surface area contributed by atoms with E-state index in [0.29, 0.717) is 12.0 Å². The second-order valence-electron chi connectivity index (χ2n) is 3.83. The summed E-state index contributed by atoms with van der Waals surface area (Å²) >= 11 is 0. The maximum Gasteiger partial charge on any atom is 0.337 e. The van der Waals surface area contributed by atoms with E-state index in [1.54, 1.807) is 0 Å². The standard InChI is InChI=1S/C11H12N2O4/c1-4-6-5-7(14)17-10-8(6)9(15)12(2)11(16)13(10)3/h5H,4H2,1-3H3. The number of fused-ring (bicyclic) bond motifs is 1. The van der Waals surface area contributed by atoms with Crippen LogP contribution in [0.3, 0.4) is 0 Å². The van der Waals surface area contributed by atoms with Crippen LogP contribution < -0.4 is 16.9 Å². The highest BCUT2D eigenvalue weighted by atomic mass is 16.4. The summed E-state index contributed by atoms with van der Waals surface area (Å²) in [4.78, 5) is 35.0. The molecular weight excluding hydrogens is 224 g/mol. The average molecular weight is 236 g/mol. The molecule has 0 unspecified atom stereocenters. The molecule has 2 aromatic heterocycles. The lowest BCUT2D eigenvalue weighted by Gasteiger charge is -2.07. The van der Waals surface area contributed by atoms with Gasteiger partial charge in [0.2, 0.25) is 5.71 Å². The van der Waals surface area contributed by atoms with E-state index in [9.17, 15) is 14.4 Å². The molecule has 0 amide bonds. The van der Waals surface area contributed by atoms with E-state index in [1.165, 1.54) is 20.2 Å². The zero-order chi connectivity index (χ0) is 12.7. The van der Waals surface area contributed by atoms with Crippen LogP contribution in [0.15, 0.2) is 24.9 Å². The van der Waals surface area contributed by atoms with Crippen molar-refractivity contribution in [3.8, 4) is 0 Å². The van der Waals surface area contributed by atoms with E-state index < -0.39 is 16.9 Å². The Morgan fingerprint density at radius 1 is 1.18 bits per heavy atom. The van der Waals surface area contributed by atoms with Crippen LogP contribution in [0.5, 0.6) is 0 Å². The van der Waals surface area contributed by atoms with Gasteiger partial charge in [0.1, 0.15) is 5.39 Å². The van der Waals surface area contributed by atoms with Crippen molar-refractivity contribution in [2.75, 3.05) is 0 Å². The van der Waals surface area contributed by atoms with Crippen molar-refractivity contribution in [2.24, 2.45) is 14.1 Å². The Kier molecular flexibility index (Phi) is 2.49. The molecule has 0 fully saturated rings. The van der Waals surface area contributed by atoms with E-state index in [4.69, 9.17) is 4.42 Å². The highest BCUT2D eigenvalue weighted by molar-refractivity contribution is 5.75. The molecule has 0 spiro atoms. The molecule has 90 valence electrons. The van der Waals surface area contributed by atoms with Gasteiger partial charge in [0, 0.05) is 20.2 Å². The van der Waals surface area contributed by atoms with Crippen molar-refractivity contribution >= 4 is 11.1 Å². The van der Waals surface area contributed by atoms with Crippen LogP contribution in [-0.2, 0) is 20.5 Å². The summed E-state index contributed by atoms with van der Waals surface area (Å²) in [7, 11) is 2.86. The largest absolute Gasteiger partial charge is 0.405 e. The topological polar surface area (TPSA) is 74.2 Å². The van der Waals surface area contributed by atoms with Gasteiger partial charge in [-0.25, -0.2) is 9.59 Å². The SMILES string of the molecule is CCc1cc(=O)oc2c1c(=O)n(C)c(=O)n2C. The summed E-state index contributed by atoms with van der Waals surface area (Å²) in [5.41, 5.74) is -0.893. The minimum absolute atomic E-state index is 0.0300. The number of rotatable bonds is 1. The Bertz CT molecular complexity index is 764. The van der Waals surface area contributed by atoms with Gasteiger partial charge in [0.15, 0.2) is 0 Å². The predicted octanol–water partition coefficient (Wildman–Crippen LogP) is -0.247. The molecule has 0 N–H and O–H groups in total. The lowest BCUT2D eigenvalue weighted by molar-refractivity contribution is 0.516. The number of aryl methyl sites for hydroxylation is 2. The third-order valence-electron chi connectivity index (χ3n) is 2.80. The summed E-state index contributed by atoms with van der Waals surface area (Å²) in [5, 5.41) is 0.289. The molecule has 0 aliphatic rings. The number of aromatic nitrogens is 2. The van der Waals surface area contributed by atoms with Crippen molar-refractivity contribution in [3.05, 3.63) is 42.9 Å². The Labute approximate surface area is 95.7 Å². The minimum atomic E-state index is -0.558. The van der Waals surface area contributed by atoms with Crippen LogP contribution in [0.25, 0.3) is 11.1 Å². The summed E-state index contributed by atoms with van der Waals surface area (Å²) in [6.45, 7) is 1.83. The first kappa shape index (κ1) is 11.4. The predicted molar refractivity (Wildman–Crippen MR) is 62.3 cm³/mol. The van der Waals surface area contributed by atoms with Crippen LogP contribution in [0.1, 0.15) is 12.5 Å². The molecule has 2 rings (SSSR count). The lowest BCUT2D eigenvalue weighted by Crippen LogP contribution is -2.37. The van der Waals surface area contributed by atoms with Crippen molar-refractivity contribution in [1.29, 1.82) is 0 Å². The molecule has 0 radical (unpaired) electrons. The van der Waals surface area contributed by atoms with E-state index in [2.05, 4.69) is 0 Å². The van der Waals surface area contributed by atoms with Crippen LogP contribution in [-0.4, -0.2) is 9.13 Å². The Hall–Kier alpha value is -2.11. The molecule has 0 atom stereocenters. The van der Waals surface area contributed by atoms with Gasteiger partial charge in [-0.05, 0) is 12.0 Å². The fourth-order valence-corrected chi connectivity index (χ4v) is 1.84. The third-order valence-corrected chi connectivity index (χ3v) is 2.80. The van der Waals surface area contributed by atoms with Crippen molar-refractivity contribution in [3.63, 3.8) is 0 Å². The molecule has 0 saturated carbocycles. The van der Waals surface area contributed by atoms with Crippen LogP contribution in [0.2, 0.25) is 0 Å². The summed E-state index contributed by atoms with van der Waals surface area (Å²) in [5.74, 6) is 0. The van der Waals surface area contributed by atoms with Gasteiger partial charge in [-0.3, -0.25) is 13.9 Å². The van der Waals surface area contributed by atoms with Gasteiger partial charge in [0.05, 0.1) is 0 Å². The second-order valence-corrected chi connectivity index (χ2v) is 3.83. The van der Waals surface area contributed by atoms with Crippen molar-refractivity contribution < 1.29 is 4.42 Å². The first-order chi connectivity index (χ1) is 7.97. The molecule has 17 heavy (non-hydrogen) atoms. The summed E-state index contributed by atoms with van der Waals surface area (Å²) in [6.07, 6.45) is 0.523. The van der Waals surface area contributed by atoms with Gasteiger partial charge in [0.25, 0.3) is 5.56 Å². The van der Waals surface area contributed by atoms with Crippen molar-refractivity contribution in [2.45, 2.75) is 13.3 Å². The minimum Gasteiger partial charge on any atom is -0.405 e. The second kappa shape index (κ2) is 3.73. The molecule has 0 aliphatic heterocycles. The lowest BCUT2D eigenvalue weighted by atomic mass is 10.1. The zero-order valence-corrected chi connectivity index (χ0v) is 9.81. The molecule has 2 heterocycles. The first-order valence-electron chi connectivity index (χ1n) is 5.20. The normalized spacial score (nSPS) is 11.0. The number of nitrogens with zero attached hydrogens (tertiary/aromatic N) is 2. The quantitative estimate of drug-likeness (QED) is 0.684. The van der Waals surface area contributed by atoms with Crippen LogP contribution in [0.4, 0.5) is 0 Å². The molecular formula is C11H12N2O4. The van der Waals surface area contributed by atoms with Gasteiger partial charge in [-0.2, -0.15) is 0 Å². The molecule has 6 heteroatoms. The zero-order valence-electron chi connectivity index (χ0n) is 9.81. The van der Waals surface area contributed by atoms with Gasteiger partial charge < -0.3 is 4.42 Å². The highest BCUT2D eigenvalue weighted by Gasteiger charge is 2.14. The molecule has 0 aliphatic carbocycles. The molecule has 0 bridgehead atoms. The fourth-order valence-electron chi connectivity index (χ4n) is 1.84. The highest BCUT2D eigenvalue weighted by Crippen LogP contribution is 2.10. The third kappa shape index (κ3) is 1.52. The maximum absolute atomic E-state index is 12.0. The van der Waals surface area contributed by atoms with Crippen LogP contribution in [0, 0.1) is 0 Å². The van der Waals surface area contributed by atoms with E-state index >= 15 is 0 Å². The monoisotopic (exact) mass is 236 g/mol. The van der Waals surface area contributed by atoms with Crippen molar-refractivity contribution in [1.82, 2.24) is 9.13 Å². The molecule has 2 aromatic rings. The first-order valence-corrected chi connectivity index (χ1v) is 5.20. The molecule has 0 aromatic carbocycles. The van der Waals surface area contributed by atoms with Gasteiger partial charge in [-0.15, -0.1) is 0 Å². The van der Waals surface area contributed by atoms with Gasteiger partial charge in [-0.1, -0.05) is 6.92 Å². The summed E-state index contributed by atoms with van der Waals surface area (Å²) in [6, 6.07) is 1.29. The Morgan fingerprint density at radius 2 is 1.82 bits per heavy atom. The van der Waals surface area contributed by atoms with E-state index in [-0.39, 0.29) is 11.1 Å². The van der Waals surface area contributed by atoms with Crippen LogP contribution >= 0.6 is 0 Å². The average Bonchev–Trinajstić information content (AvgIpc) is 2.32. The summed E-state index contributed by atoms with van der Waals surface area (Å²) < 4.78 is 7.11. The molecule has 0 saturated heterocycles. The Balaban J connectivity index is 3.23.